The third-order valence-corrected chi connectivity index (χ3v) is 2.15. The number of primary amides is 1. The van der Waals surface area contributed by atoms with E-state index in [1.165, 1.54) is 0 Å². The zero-order valence-electron chi connectivity index (χ0n) is 9.71. The molecule has 0 aliphatic heterocycles. The lowest BCUT2D eigenvalue weighted by Gasteiger charge is -1.92. The van der Waals surface area contributed by atoms with Gasteiger partial charge in [0.15, 0.2) is 0 Å². The summed E-state index contributed by atoms with van der Waals surface area (Å²) in [7, 11) is 0. The summed E-state index contributed by atoms with van der Waals surface area (Å²) in [5, 5.41) is 15.8. The van der Waals surface area contributed by atoms with Crippen molar-refractivity contribution in [1.82, 2.24) is 0 Å². The second-order valence-electron chi connectivity index (χ2n) is 3.43. The minimum Gasteiger partial charge on any atom is -0.507 e. The number of nitrogens with two attached hydrogens (primary N) is 1. The molecule has 0 saturated carbocycles. The van der Waals surface area contributed by atoms with Crippen molar-refractivity contribution in [2.75, 3.05) is 0 Å². The van der Waals surface area contributed by atoms with E-state index >= 15 is 0 Å². The van der Waals surface area contributed by atoms with Crippen LogP contribution in [0.2, 0.25) is 0 Å². The van der Waals surface area contributed by atoms with Gasteiger partial charge in [0, 0.05) is 17.3 Å². The molecule has 18 heavy (non-hydrogen) atoms. The fourth-order valence-corrected chi connectivity index (χ4v) is 1.21. The maximum Gasteiger partial charge on any atom is 0.248 e. The van der Waals surface area contributed by atoms with Crippen molar-refractivity contribution in [3.8, 4) is 5.75 Å². The van der Waals surface area contributed by atoms with Crippen LogP contribution in [0, 0.1) is 5.41 Å². The average molecular weight is 242 g/mol. The number of hydrogen-bond acceptors (Lipinski definition) is 3. The lowest BCUT2D eigenvalue weighted by Crippen LogP contribution is -2.09. The fraction of sp³-hybridized carbons (Fsp3) is 0. The van der Waals surface area contributed by atoms with Gasteiger partial charge in [0.05, 0.1) is 0 Å². The van der Waals surface area contributed by atoms with Gasteiger partial charge < -0.3 is 16.2 Å². The zero-order chi connectivity index (χ0) is 13.4. The summed E-state index contributed by atoms with van der Waals surface area (Å²) in [4.78, 5) is 10.4. The van der Waals surface area contributed by atoms with Crippen molar-refractivity contribution >= 4 is 12.1 Å². The first-order valence-corrected chi connectivity index (χ1v) is 5.28. The molecular formula is C14H14N2O2. The second-order valence-corrected chi connectivity index (χ2v) is 3.43. The summed E-state index contributed by atoms with van der Waals surface area (Å²) in [6.07, 6.45) is 1.12. The van der Waals surface area contributed by atoms with Gasteiger partial charge in [-0.25, -0.2) is 0 Å². The first-order chi connectivity index (χ1) is 8.65. The number of nitrogens with one attached hydrogen (secondary N) is 1. The molecule has 2 aromatic rings. The Morgan fingerprint density at radius 2 is 1.61 bits per heavy atom. The molecule has 0 atom stereocenters. The van der Waals surface area contributed by atoms with Crippen LogP contribution in [0.25, 0.3) is 0 Å². The highest BCUT2D eigenvalue weighted by molar-refractivity contribution is 5.92. The number of phenols is 1. The number of aromatic hydroxyl groups is 1. The molecule has 0 heterocycles. The molecule has 0 aliphatic carbocycles. The largest absolute Gasteiger partial charge is 0.507 e. The zero-order valence-corrected chi connectivity index (χ0v) is 9.71. The molecule has 0 spiro atoms. The van der Waals surface area contributed by atoms with Crippen LogP contribution in [0.15, 0.2) is 54.6 Å². The molecule has 4 nitrogen and oxygen atoms in total. The summed E-state index contributed by atoms with van der Waals surface area (Å²) in [5.74, 6) is -0.219. The van der Waals surface area contributed by atoms with Gasteiger partial charge in [0.2, 0.25) is 5.91 Å². The number of phenolic OH excluding ortho intramolecular Hbond substituents is 1. The number of hydrogen-bond donors (Lipinski definition) is 3. The van der Waals surface area contributed by atoms with Crippen LogP contribution >= 0.6 is 0 Å². The molecular weight excluding hydrogens is 228 g/mol. The summed E-state index contributed by atoms with van der Waals surface area (Å²) >= 11 is 0. The molecule has 0 saturated heterocycles. The first kappa shape index (κ1) is 13.4. The van der Waals surface area contributed by atoms with E-state index in [1.54, 1.807) is 48.5 Å². The number of benzene rings is 2. The smallest absolute Gasteiger partial charge is 0.248 e. The normalized spacial score (nSPS) is 8.89. The highest BCUT2D eigenvalue weighted by Gasteiger charge is 1.93. The van der Waals surface area contributed by atoms with Crippen LogP contribution in [-0.2, 0) is 0 Å². The number of carbonyl (C=O) groups excluding carboxylic acids is 1. The first-order valence-electron chi connectivity index (χ1n) is 5.28. The van der Waals surface area contributed by atoms with Crippen molar-refractivity contribution in [2.45, 2.75) is 0 Å². The number of para-hydroxylation sites is 1. The molecule has 0 unspecified atom stereocenters. The van der Waals surface area contributed by atoms with Gasteiger partial charge in [-0.3, -0.25) is 4.79 Å². The van der Waals surface area contributed by atoms with E-state index in [4.69, 9.17) is 16.2 Å². The Hall–Kier alpha value is -2.62. The van der Waals surface area contributed by atoms with Crippen LogP contribution in [0.3, 0.4) is 0 Å². The quantitative estimate of drug-likeness (QED) is 0.705. The molecule has 4 N–H and O–H groups in total. The van der Waals surface area contributed by atoms with E-state index in [-0.39, 0.29) is 11.7 Å². The fourth-order valence-electron chi connectivity index (χ4n) is 1.21. The Balaban J connectivity index is 0.000000180. The minimum absolute atomic E-state index is 0.160. The van der Waals surface area contributed by atoms with Crippen molar-refractivity contribution < 1.29 is 9.90 Å². The number of rotatable bonds is 2. The van der Waals surface area contributed by atoms with Crippen molar-refractivity contribution in [3.05, 3.63) is 65.7 Å². The Labute approximate surface area is 105 Å². The minimum atomic E-state index is -0.379. The molecule has 0 radical (unpaired) electrons. The van der Waals surface area contributed by atoms with Crippen LogP contribution < -0.4 is 5.73 Å². The standard InChI is InChI=1S/2C7H7NO/c8-5-6-3-1-2-4-7(6)9;8-7(9)6-4-2-1-3-5-6/h1-5,8-9H;1-5H,(H2,8,9). The average Bonchev–Trinajstić information content (AvgIpc) is 2.41. The Morgan fingerprint density at radius 1 is 1.06 bits per heavy atom. The van der Waals surface area contributed by atoms with E-state index in [0.717, 1.165) is 6.21 Å². The summed E-state index contributed by atoms with van der Waals surface area (Å²) in [6, 6.07) is 15.5. The van der Waals surface area contributed by atoms with Crippen LogP contribution in [0.5, 0.6) is 5.75 Å². The summed E-state index contributed by atoms with van der Waals surface area (Å²) in [5.41, 5.74) is 6.08. The Morgan fingerprint density at radius 3 is 2.00 bits per heavy atom. The molecule has 2 rings (SSSR count). The van der Waals surface area contributed by atoms with E-state index in [2.05, 4.69) is 0 Å². The van der Waals surface area contributed by atoms with Crippen molar-refractivity contribution in [2.24, 2.45) is 5.73 Å². The van der Waals surface area contributed by atoms with E-state index in [0.29, 0.717) is 11.1 Å². The van der Waals surface area contributed by atoms with Gasteiger partial charge in [-0.2, -0.15) is 0 Å². The molecule has 0 aromatic heterocycles. The highest BCUT2D eigenvalue weighted by Crippen LogP contribution is 2.11. The highest BCUT2D eigenvalue weighted by atomic mass is 16.3. The molecule has 0 fully saturated rings. The van der Waals surface area contributed by atoms with Gasteiger partial charge in [0.25, 0.3) is 0 Å². The van der Waals surface area contributed by atoms with Crippen LogP contribution in [0.4, 0.5) is 0 Å². The van der Waals surface area contributed by atoms with Gasteiger partial charge in [0.1, 0.15) is 5.75 Å². The monoisotopic (exact) mass is 242 g/mol. The maximum atomic E-state index is 10.4. The number of amides is 1. The summed E-state index contributed by atoms with van der Waals surface area (Å²) in [6.45, 7) is 0. The SMILES string of the molecule is N=Cc1ccccc1O.NC(=O)c1ccccc1. The van der Waals surface area contributed by atoms with Crippen LogP contribution in [-0.4, -0.2) is 17.2 Å². The molecule has 0 bridgehead atoms. The van der Waals surface area contributed by atoms with Crippen molar-refractivity contribution in [1.29, 1.82) is 5.41 Å². The van der Waals surface area contributed by atoms with Gasteiger partial charge >= 0.3 is 0 Å². The predicted octanol–water partition coefficient (Wildman–Crippen LogP) is 2.18. The topological polar surface area (TPSA) is 87.2 Å². The third-order valence-electron chi connectivity index (χ3n) is 2.15. The van der Waals surface area contributed by atoms with Gasteiger partial charge in [-0.1, -0.05) is 30.3 Å². The van der Waals surface area contributed by atoms with E-state index in [1.807, 2.05) is 6.07 Å². The molecule has 2 aromatic carbocycles. The number of carbonyl (C=O) groups is 1. The van der Waals surface area contributed by atoms with Crippen molar-refractivity contribution in [3.63, 3.8) is 0 Å². The molecule has 4 heteroatoms. The maximum absolute atomic E-state index is 10.4. The molecule has 92 valence electrons. The van der Waals surface area contributed by atoms with E-state index in [9.17, 15) is 4.79 Å². The van der Waals surface area contributed by atoms with E-state index < -0.39 is 0 Å². The summed E-state index contributed by atoms with van der Waals surface area (Å²) < 4.78 is 0. The van der Waals surface area contributed by atoms with Gasteiger partial charge in [-0.05, 0) is 24.3 Å². The lowest BCUT2D eigenvalue weighted by atomic mass is 10.2. The third kappa shape index (κ3) is 4.09. The van der Waals surface area contributed by atoms with Gasteiger partial charge in [-0.15, -0.1) is 0 Å². The molecule has 1 amide bonds. The predicted molar refractivity (Wildman–Crippen MR) is 71.0 cm³/mol. The Kier molecular flexibility index (Phi) is 5.12. The Bertz CT molecular complexity index is 524. The second kappa shape index (κ2) is 6.85. The lowest BCUT2D eigenvalue weighted by molar-refractivity contribution is 0.100. The molecule has 0 aliphatic rings. The van der Waals surface area contributed by atoms with Crippen LogP contribution in [0.1, 0.15) is 15.9 Å².